The summed E-state index contributed by atoms with van der Waals surface area (Å²) in [6.07, 6.45) is 2.01. The van der Waals surface area contributed by atoms with Gasteiger partial charge in [0.05, 0.1) is 7.11 Å². The third-order valence-electron chi connectivity index (χ3n) is 3.93. The number of carbonyl (C=O) groups excluding carboxylic acids is 1. The van der Waals surface area contributed by atoms with Gasteiger partial charge in [0.2, 0.25) is 0 Å². The maximum absolute atomic E-state index is 12.5. The van der Waals surface area contributed by atoms with Crippen molar-refractivity contribution in [3.8, 4) is 5.75 Å². The fraction of sp³-hybridized carbons (Fsp3) is 0.278. The molecule has 1 aliphatic heterocycles. The lowest BCUT2D eigenvalue weighted by atomic mass is 9.97. The number of amides is 1. The van der Waals surface area contributed by atoms with Crippen molar-refractivity contribution in [1.29, 1.82) is 0 Å². The molecule has 0 bridgehead atoms. The van der Waals surface area contributed by atoms with Gasteiger partial charge in [-0.15, -0.1) is 12.4 Å². The largest absolute Gasteiger partial charge is 0.497 e. The van der Waals surface area contributed by atoms with E-state index in [1.165, 1.54) is 0 Å². The number of fused-ring (bicyclic) bond motifs is 1. The second-order valence-electron chi connectivity index (χ2n) is 5.40. The van der Waals surface area contributed by atoms with E-state index in [-0.39, 0.29) is 18.3 Å². The van der Waals surface area contributed by atoms with Crippen LogP contribution < -0.4 is 15.4 Å². The molecule has 0 spiro atoms. The maximum atomic E-state index is 12.5. The zero-order valence-electron chi connectivity index (χ0n) is 13.1. The predicted octanol–water partition coefficient (Wildman–Crippen LogP) is 3.41. The molecule has 2 aromatic rings. The zero-order chi connectivity index (χ0) is 15.4. The van der Waals surface area contributed by atoms with Crippen LogP contribution >= 0.6 is 12.4 Å². The van der Waals surface area contributed by atoms with E-state index in [1.807, 2.05) is 42.5 Å². The van der Waals surface area contributed by atoms with Gasteiger partial charge in [0.1, 0.15) is 5.75 Å². The highest BCUT2D eigenvalue weighted by molar-refractivity contribution is 5.97. The second-order valence-corrected chi connectivity index (χ2v) is 5.40. The van der Waals surface area contributed by atoms with Crippen LogP contribution in [0.1, 0.15) is 27.9 Å². The molecule has 0 radical (unpaired) electrons. The van der Waals surface area contributed by atoms with Crippen LogP contribution in [-0.4, -0.2) is 19.6 Å². The summed E-state index contributed by atoms with van der Waals surface area (Å²) < 4.78 is 5.20. The molecular formula is C18H21ClN2O2. The molecule has 2 aromatic carbocycles. The molecule has 0 aromatic heterocycles. The molecule has 3 rings (SSSR count). The van der Waals surface area contributed by atoms with Gasteiger partial charge in [-0.3, -0.25) is 4.79 Å². The number of ether oxygens (including phenoxy) is 1. The van der Waals surface area contributed by atoms with Crippen molar-refractivity contribution >= 4 is 24.0 Å². The van der Waals surface area contributed by atoms with Gasteiger partial charge in [-0.1, -0.05) is 18.2 Å². The number of carbonyl (C=O) groups is 1. The van der Waals surface area contributed by atoms with Crippen LogP contribution in [0.4, 0.5) is 5.69 Å². The highest BCUT2D eigenvalue weighted by Crippen LogP contribution is 2.25. The van der Waals surface area contributed by atoms with Gasteiger partial charge in [0.15, 0.2) is 0 Å². The fourth-order valence-corrected chi connectivity index (χ4v) is 2.78. The molecule has 122 valence electrons. The highest BCUT2D eigenvalue weighted by atomic mass is 35.5. The Hall–Kier alpha value is -2.20. The first kappa shape index (κ1) is 17.2. The van der Waals surface area contributed by atoms with E-state index >= 15 is 0 Å². The number of anilines is 1. The molecule has 0 saturated carbocycles. The van der Waals surface area contributed by atoms with Crippen LogP contribution in [0.5, 0.6) is 5.75 Å². The van der Waals surface area contributed by atoms with Crippen molar-refractivity contribution in [2.24, 2.45) is 0 Å². The highest BCUT2D eigenvalue weighted by Gasteiger charge is 2.16. The topological polar surface area (TPSA) is 50.4 Å². The van der Waals surface area contributed by atoms with Crippen LogP contribution in [0.2, 0.25) is 0 Å². The van der Waals surface area contributed by atoms with E-state index in [1.54, 1.807) is 7.11 Å². The smallest absolute Gasteiger partial charge is 0.251 e. The number of hydrogen-bond donors (Lipinski definition) is 2. The van der Waals surface area contributed by atoms with Crippen LogP contribution in [-0.2, 0) is 13.0 Å². The molecule has 0 atom stereocenters. The van der Waals surface area contributed by atoms with Gasteiger partial charge in [0.25, 0.3) is 5.91 Å². The Kier molecular flexibility index (Phi) is 5.88. The van der Waals surface area contributed by atoms with Crippen molar-refractivity contribution in [2.45, 2.75) is 19.4 Å². The summed E-state index contributed by atoms with van der Waals surface area (Å²) in [5, 5.41) is 6.34. The lowest BCUT2D eigenvalue weighted by Crippen LogP contribution is -2.25. The molecule has 5 heteroatoms. The molecule has 0 fully saturated rings. The molecule has 4 nitrogen and oxygen atoms in total. The molecule has 0 unspecified atom stereocenters. The van der Waals surface area contributed by atoms with Crippen molar-refractivity contribution in [1.82, 2.24) is 5.32 Å². The van der Waals surface area contributed by atoms with Crippen molar-refractivity contribution in [3.05, 3.63) is 59.2 Å². The first-order valence-electron chi connectivity index (χ1n) is 7.55. The summed E-state index contributed by atoms with van der Waals surface area (Å²) in [4.78, 5) is 12.5. The van der Waals surface area contributed by atoms with Gasteiger partial charge in [-0.05, 0) is 48.2 Å². The minimum absolute atomic E-state index is 0. The van der Waals surface area contributed by atoms with Crippen molar-refractivity contribution in [2.75, 3.05) is 19.0 Å². The van der Waals surface area contributed by atoms with E-state index < -0.39 is 0 Å². The summed E-state index contributed by atoms with van der Waals surface area (Å²) in [7, 11) is 1.64. The molecular weight excluding hydrogens is 312 g/mol. The van der Waals surface area contributed by atoms with Crippen LogP contribution in [0.25, 0.3) is 0 Å². The van der Waals surface area contributed by atoms with E-state index in [0.717, 1.165) is 47.5 Å². The summed E-state index contributed by atoms with van der Waals surface area (Å²) in [6, 6.07) is 13.6. The first-order chi connectivity index (χ1) is 10.8. The minimum atomic E-state index is -0.0247. The third kappa shape index (κ3) is 3.96. The third-order valence-corrected chi connectivity index (χ3v) is 3.93. The Morgan fingerprint density at radius 3 is 2.91 bits per heavy atom. The summed E-state index contributed by atoms with van der Waals surface area (Å²) in [6.45, 7) is 1.47. The molecule has 2 N–H and O–H groups in total. The monoisotopic (exact) mass is 332 g/mol. The van der Waals surface area contributed by atoms with Gasteiger partial charge in [0, 0.05) is 24.3 Å². The maximum Gasteiger partial charge on any atom is 0.251 e. The standard InChI is InChI=1S/C18H20N2O2.ClH/c1-22-14-6-2-5-13(11-14)12-20-18(21)16-7-3-9-17-15(16)8-4-10-19-17;/h2-3,5-7,9,11,19H,4,8,10,12H2,1H3,(H,20,21);1H. The molecule has 0 aliphatic carbocycles. The lowest BCUT2D eigenvalue weighted by Gasteiger charge is -2.20. The number of halogens is 1. The minimum Gasteiger partial charge on any atom is -0.497 e. The number of methoxy groups -OCH3 is 1. The van der Waals surface area contributed by atoms with Gasteiger partial charge in [-0.25, -0.2) is 0 Å². The normalized spacial score (nSPS) is 12.4. The summed E-state index contributed by atoms with van der Waals surface area (Å²) in [5.41, 5.74) is 4.00. The van der Waals surface area contributed by atoms with E-state index in [4.69, 9.17) is 4.74 Å². The quantitative estimate of drug-likeness (QED) is 0.902. The Morgan fingerprint density at radius 1 is 1.26 bits per heavy atom. The SMILES string of the molecule is COc1cccc(CNC(=O)c2cccc3c2CCCN3)c1.Cl. The van der Waals surface area contributed by atoms with Crippen molar-refractivity contribution < 1.29 is 9.53 Å². The van der Waals surface area contributed by atoms with Crippen LogP contribution in [0.15, 0.2) is 42.5 Å². The molecule has 1 amide bonds. The summed E-state index contributed by atoms with van der Waals surface area (Å²) in [5.74, 6) is 0.774. The Morgan fingerprint density at radius 2 is 2.09 bits per heavy atom. The van der Waals surface area contributed by atoms with Crippen LogP contribution in [0, 0.1) is 0 Å². The van der Waals surface area contributed by atoms with Gasteiger partial charge >= 0.3 is 0 Å². The predicted molar refractivity (Wildman–Crippen MR) is 94.7 cm³/mol. The van der Waals surface area contributed by atoms with Gasteiger partial charge in [-0.2, -0.15) is 0 Å². The number of rotatable bonds is 4. The summed E-state index contributed by atoms with van der Waals surface area (Å²) >= 11 is 0. The Balaban J connectivity index is 0.00000192. The average Bonchev–Trinajstić information content (AvgIpc) is 2.59. The molecule has 1 aliphatic rings. The van der Waals surface area contributed by atoms with E-state index in [0.29, 0.717) is 6.54 Å². The van der Waals surface area contributed by atoms with Gasteiger partial charge < -0.3 is 15.4 Å². The first-order valence-corrected chi connectivity index (χ1v) is 7.55. The fourth-order valence-electron chi connectivity index (χ4n) is 2.78. The molecule has 1 heterocycles. The lowest BCUT2D eigenvalue weighted by molar-refractivity contribution is 0.0950. The molecule has 23 heavy (non-hydrogen) atoms. The number of hydrogen-bond acceptors (Lipinski definition) is 3. The van der Waals surface area contributed by atoms with E-state index in [2.05, 4.69) is 10.6 Å². The average molecular weight is 333 g/mol. The number of nitrogens with one attached hydrogen (secondary N) is 2. The zero-order valence-corrected chi connectivity index (χ0v) is 13.9. The molecule has 0 saturated heterocycles. The van der Waals surface area contributed by atoms with E-state index in [9.17, 15) is 4.79 Å². The Bertz CT molecular complexity index is 688. The van der Waals surface area contributed by atoms with Crippen LogP contribution in [0.3, 0.4) is 0 Å². The second kappa shape index (κ2) is 7.88. The Labute approximate surface area is 142 Å². The number of benzene rings is 2. The van der Waals surface area contributed by atoms with Crippen molar-refractivity contribution in [3.63, 3.8) is 0 Å².